The molecule has 2 aromatic rings. The van der Waals surface area contributed by atoms with Gasteiger partial charge in [-0.3, -0.25) is 9.69 Å². The highest BCUT2D eigenvalue weighted by Gasteiger charge is 2.40. The number of hydrogen-bond acceptors (Lipinski definition) is 5. The molecule has 3 saturated heterocycles. The van der Waals surface area contributed by atoms with Gasteiger partial charge in [0.25, 0.3) is 5.91 Å². The first-order chi connectivity index (χ1) is 13.3. The van der Waals surface area contributed by atoms with Crippen LogP contribution in [-0.4, -0.2) is 41.0 Å². The lowest BCUT2D eigenvalue weighted by molar-refractivity contribution is -0.157. The fourth-order valence-corrected chi connectivity index (χ4v) is 4.01. The molecule has 4 heterocycles. The predicted molar refractivity (Wildman–Crippen MR) is 93.0 cm³/mol. The maximum absolute atomic E-state index is 12.6. The summed E-state index contributed by atoms with van der Waals surface area (Å²) >= 11 is 0. The SMILES string of the molecule is C[C@H]1[C@H](NC(=O)c2ccc(Oc3cnc(C(F)(F)F)o3)cc2)C2CCN1CC2. The van der Waals surface area contributed by atoms with E-state index in [1.54, 1.807) is 12.1 Å². The summed E-state index contributed by atoms with van der Waals surface area (Å²) in [5, 5.41) is 3.13. The van der Waals surface area contributed by atoms with Gasteiger partial charge in [0.05, 0.1) is 0 Å². The Hall–Kier alpha value is -2.55. The van der Waals surface area contributed by atoms with Crippen molar-refractivity contribution in [1.29, 1.82) is 0 Å². The van der Waals surface area contributed by atoms with Crippen molar-refractivity contribution in [2.75, 3.05) is 13.1 Å². The quantitative estimate of drug-likeness (QED) is 0.855. The minimum Gasteiger partial charge on any atom is -0.425 e. The number of fused-ring (bicyclic) bond motifs is 3. The van der Waals surface area contributed by atoms with Crippen molar-refractivity contribution >= 4 is 5.91 Å². The third-order valence-corrected chi connectivity index (χ3v) is 5.54. The van der Waals surface area contributed by atoms with Gasteiger partial charge in [-0.25, -0.2) is 4.98 Å². The Balaban J connectivity index is 1.39. The zero-order valence-electron chi connectivity index (χ0n) is 15.2. The second-order valence-electron chi connectivity index (χ2n) is 7.22. The molecule has 3 aliphatic rings. The van der Waals surface area contributed by atoms with Gasteiger partial charge in [0.2, 0.25) is 0 Å². The van der Waals surface area contributed by atoms with Crippen molar-refractivity contribution < 1.29 is 27.1 Å². The van der Waals surface area contributed by atoms with Gasteiger partial charge in [0.15, 0.2) is 0 Å². The lowest BCUT2D eigenvalue weighted by atomic mass is 9.79. The Morgan fingerprint density at radius 1 is 1.25 bits per heavy atom. The minimum absolute atomic E-state index is 0.126. The number of rotatable bonds is 4. The molecule has 0 radical (unpaired) electrons. The summed E-state index contributed by atoms with van der Waals surface area (Å²) in [6.07, 6.45) is -1.62. The molecule has 0 spiro atoms. The number of benzene rings is 1. The number of oxazole rings is 1. The molecule has 28 heavy (non-hydrogen) atoms. The Bertz CT molecular complexity index is 840. The molecule has 1 aromatic carbocycles. The van der Waals surface area contributed by atoms with Crippen LogP contribution in [-0.2, 0) is 6.18 Å². The molecule has 1 N–H and O–H groups in total. The molecule has 0 aliphatic carbocycles. The third kappa shape index (κ3) is 3.71. The van der Waals surface area contributed by atoms with Crippen molar-refractivity contribution in [3.05, 3.63) is 41.9 Å². The van der Waals surface area contributed by atoms with E-state index < -0.39 is 12.1 Å². The minimum atomic E-state index is -4.67. The van der Waals surface area contributed by atoms with Crippen LogP contribution in [0, 0.1) is 5.92 Å². The van der Waals surface area contributed by atoms with Gasteiger partial charge in [-0.05, 0) is 63.0 Å². The van der Waals surface area contributed by atoms with Gasteiger partial charge in [-0.1, -0.05) is 0 Å². The molecule has 0 saturated carbocycles. The second-order valence-corrected chi connectivity index (χ2v) is 7.22. The van der Waals surface area contributed by atoms with Crippen LogP contribution in [0.4, 0.5) is 13.2 Å². The number of halogens is 3. The van der Waals surface area contributed by atoms with Crippen molar-refractivity contribution in [3.63, 3.8) is 0 Å². The van der Waals surface area contributed by atoms with Crippen molar-refractivity contribution in [2.24, 2.45) is 5.92 Å². The van der Waals surface area contributed by atoms with Gasteiger partial charge in [0.1, 0.15) is 11.9 Å². The van der Waals surface area contributed by atoms with Crippen LogP contribution in [0.5, 0.6) is 11.7 Å². The molecular formula is C19H20F3N3O3. The van der Waals surface area contributed by atoms with E-state index in [9.17, 15) is 18.0 Å². The van der Waals surface area contributed by atoms with E-state index in [1.165, 1.54) is 12.1 Å². The Labute approximate surface area is 159 Å². The molecule has 6 nitrogen and oxygen atoms in total. The molecule has 5 rings (SSSR count). The number of carbonyl (C=O) groups is 1. The lowest BCUT2D eigenvalue weighted by Crippen LogP contribution is -2.62. The van der Waals surface area contributed by atoms with E-state index in [0.29, 0.717) is 17.5 Å². The Morgan fingerprint density at radius 2 is 1.93 bits per heavy atom. The number of carbonyl (C=O) groups excluding carboxylic acids is 1. The van der Waals surface area contributed by atoms with Gasteiger partial charge in [-0.2, -0.15) is 13.2 Å². The second kappa shape index (κ2) is 7.12. The van der Waals surface area contributed by atoms with E-state index in [1.807, 2.05) is 0 Å². The topological polar surface area (TPSA) is 67.6 Å². The molecule has 1 aromatic heterocycles. The Morgan fingerprint density at radius 3 is 2.50 bits per heavy atom. The van der Waals surface area contributed by atoms with Crippen LogP contribution < -0.4 is 10.1 Å². The number of hydrogen-bond donors (Lipinski definition) is 1. The van der Waals surface area contributed by atoms with Crippen LogP contribution >= 0.6 is 0 Å². The number of piperidine rings is 3. The first-order valence-corrected chi connectivity index (χ1v) is 9.17. The molecule has 3 fully saturated rings. The monoisotopic (exact) mass is 395 g/mol. The smallest absolute Gasteiger partial charge is 0.425 e. The summed E-state index contributed by atoms with van der Waals surface area (Å²) in [6.45, 7) is 4.31. The molecule has 0 unspecified atom stereocenters. The van der Waals surface area contributed by atoms with Crippen LogP contribution in [0.15, 0.2) is 34.9 Å². The van der Waals surface area contributed by atoms with E-state index in [2.05, 4.69) is 26.5 Å². The zero-order valence-corrected chi connectivity index (χ0v) is 15.2. The molecule has 9 heteroatoms. The first kappa shape index (κ1) is 18.8. The summed E-state index contributed by atoms with van der Waals surface area (Å²) in [4.78, 5) is 18.1. The highest BCUT2D eigenvalue weighted by molar-refractivity contribution is 5.94. The van der Waals surface area contributed by atoms with Gasteiger partial charge in [-0.15, -0.1) is 0 Å². The highest BCUT2D eigenvalue weighted by atomic mass is 19.4. The summed E-state index contributed by atoms with van der Waals surface area (Å²) in [7, 11) is 0. The third-order valence-electron chi connectivity index (χ3n) is 5.54. The van der Waals surface area contributed by atoms with Crippen LogP contribution in [0.1, 0.15) is 36.0 Å². The maximum Gasteiger partial charge on any atom is 0.469 e. The van der Waals surface area contributed by atoms with Gasteiger partial charge < -0.3 is 14.5 Å². The molecule has 2 bridgehead atoms. The molecule has 3 aliphatic heterocycles. The highest BCUT2D eigenvalue weighted by Crippen LogP contribution is 2.33. The normalized spacial score (nSPS) is 26.9. The number of nitrogens with one attached hydrogen (secondary N) is 1. The van der Waals surface area contributed by atoms with Gasteiger partial charge >= 0.3 is 18.0 Å². The van der Waals surface area contributed by atoms with Crippen molar-refractivity contribution in [2.45, 2.75) is 38.0 Å². The van der Waals surface area contributed by atoms with E-state index in [0.717, 1.165) is 32.1 Å². The first-order valence-electron chi connectivity index (χ1n) is 9.17. The number of aromatic nitrogens is 1. The van der Waals surface area contributed by atoms with Crippen LogP contribution in [0.2, 0.25) is 0 Å². The van der Waals surface area contributed by atoms with E-state index in [-0.39, 0.29) is 23.6 Å². The van der Waals surface area contributed by atoms with Gasteiger partial charge in [0, 0.05) is 17.6 Å². The summed E-state index contributed by atoms with van der Waals surface area (Å²) in [5.74, 6) is -1.16. The van der Waals surface area contributed by atoms with E-state index in [4.69, 9.17) is 4.74 Å². The van der Waals surface area contributed by atoms with E-state index >= 15 is 0 Å². The number of amides is 1. The standard InChI is InChI=1S/C19H20F3N3O3/c1-11-16(12-6-8-25(11)9-7-12)24-17(26)13-2-4-14(5-3-13)27-15-10-23-18(28-15)19(20,21)22/h2-5,10-12,16H,6-9H2,1H3,(H,24,26)/t11-,16-/m0/s1. The predicted octanol–water partition coefficient (Wildman–Crippen LogP) is 3.70. The average Bonchev–Trinajstić information content (AvgIpc) is 3.14. The lowest BCUT2D eigenvalue weighted by Gasteiger charge is -2.49. The molecular weight excluding hydrogens is 375 g/mol. The molecule has 1 amide bonds. The zero-order chi connectivity index (χ0) is 19.9. The summed E-state index contributed by atoms with van der Waals surface area (Å²) < 4.78 is 47.3. The fourth-order valence-electron chi connectivity index (χ4n) is 4.01. The fraction of sp³-hybridized carbons (Fsp3) is 0.474. The average molecular weight is 395 g/mol. The summed E-state index contributed by atoms with van der Waals surface area (Å²) in [5.41, 5.74) is 0.463. The maximum atomic E-state index is 12.6. The number of nitrogens with zero attached hydrogens (tertiary/aromatic N) is 2. The summed E-state index contributed by atoms with van der Waals surface area (Å²) in [6, 6.07) is 6.58. The van der Waals surface area contributed by atoms with Crippen molar-refractivity contribution in [3.8, 4) is 11.7 Å². The number of ether oxygens (including phenoxy) is 1. The number of alkyl halides is 3. The molecule has 150 valence electrons. The van der Waals surface area contributed by atoms with Crippen LogP contribution in [0.25, 0.3) is 0 Å². The Kier molecular flexibility index (Phi) is 4.78. The van der Waals surface area contributed by atoms with Crippen LogP contribution in [0.3, 0.4) is 0 Å². The molecule has 2 atom stereocenters. The van der Waals surface area contributed by atoms with Crippen molar-refractivity contribution in [1.82, 2.24) is 15.2 Å². The largest absolute Gasteiger partial charge is 0.469 e.